The minimum Gasteiger partial charge on any atom is -0.504 e. The average Bonchev–Trinajstić information content (AvgIpc) is 2.61. The molecular formula is C14H18N2O. The maximum atomic E-state index is 9.88. The number of nitrogens with zero attached hydrogens (tertiary/aromatic N) is 2. The zero-order valence-electron chi connectivity index (χ0n) is 10.5. The van der Waals surface area contributed by atoms with Crippen LogP contribution in [-0.2, 0) is 6.54 Å². The normalized spacial score (nSPS) is 11.1. The second-order valence-electron chi connectivity index (χ2n) is 4.82. The molecule has 1 N–H and O–H groups in total. The van der Waals surface area contributed by atoms with Crippen LogP contribution in [-0.4, -0.2) is 14.9 Å². The maximum absolute atomic E-state index is 9.88. The molecular weight excluding hydrogens is 212 g/mol. The van der Waals surface area contributed by atoms with Crippen LogP contribution in [0.1, 0.15) is 19.4 Å². The first-order valence-electron chi connectivity index (χ1n) is 5.89. The number of aromatic hydroxyl groups is 1. The van der Waals surface area contributed by atoms with Crippen molar-refractivity contribution in [2.24, 2.45) is 5.92 Å². The lowest BCUT2D eigenvalue weighted by atomic mass is 10.1. The van der Waals surface area contributed by atoms with E-state index in [1.165, 1.54) is 11.8 Å². The third-order valence-corrected chi connectivity index (χ3v) is 2.68. The van der Waals surface area contributed by atoms with Crippen LogP contribution in [0.4, 0.5) is 0 Å². The number of aromatic nitrogens is 2. The van der Waals surface area contributed by atoms with E-state index >= 15 is 0 Å². The Morgan fingerprint density at radius 1 is 1.24 bits per heavy atom. The summed E-state index contributed by atoms with van der Waals surface area (Å²) in [5, 5.41) is 14.1. The first kappa shape index (κ1) is 11.7. The minimum absolute atomic E-state index is 0.245. The van der Waals surface area contributed by atoms with Gasteiger partial charge in [0.25, 0.3) is 0 Å². The lowest BCUT2D eigenvalue weighted by Gasteiger charge is -2.10. The third-order valence-electron chi connectivity index (χ3n) is 2.68. The Bertz CT molecular complexity index is 497. The minimum atomic E-state index is 0.245. The van der Waals surface area contributed by atoms with Gasteiger partial charge in [0.15, 0.2) is 5.75 Å². The van der Waals surface area contributed by atoms with Crippen LogP contribution >= 0.6 is 0 Å². The highest BCUT2D eigenvalue weighted by atomic mass is 16.3. The second-order valence-corrected chi connectivity index (χ2v) is 4.82. The van der Waals surface area contributed by atoms with Gasteiger partial charge in [-0.25, -0.2) is 0 Å². The van der Waals surface area contributed by atoms with E-state index in [4.69, 9.17) is 0 Å². The fourth-order valence-corrected chi connectivity index (χ4v) is 1.87. The predicted molar refractivity (Wildman–Crippen MR) is 68.9 cm³/mol. The summed E-state index contributed by atoms with van der Waals surface area (Å²) in [4.78, 5) is 0. The molecule has 0 atom stereocenters. The summed E-state index contributed by atoms with van der Waals surface area (Å²) in [6.45, 7) is 7.13. The highest BCUT2D eigenvalue weighted by Gasteiger charge is 2.12. The van der Waals surface area contributed by atoms with Gasteiger partial charge in [0.1, 0.15) is 5.69 Å². The maximum Gasteiger partial charge on any atom is 0.161 e. The van der Waals surface area contributed by atoms with Gasteiger partial charge in [-0.2, -0.15) is 5.10 Å². The molecule has 2 rings (SSSR count). The molecule has 0 saturated carbocycles. The van der Waals surface area contributed by atoms with E-state index in [0.29, 0.717) is 5.92 Å². The Balaban J connectivity index is 2.43. The van der Waals surface area contributed by atoms with E-state index in [1.54, 1.807) is 0 Å². The zero-order valence-corrected chi connectivity index (χ0v) is 10.5. The Labute approximate surface area is 102 Å². The lowest BCUT2D eigenvalue weighted by molar-refractivity contribution is 0.468. The molecule has 1 aromatic heterocycles. The summed E-state index contributed by atoms with van der Waals surface area (Å²) in [5.41, 5.74) is 3.02. The molecule has 1 heterocycles. The molecule has 0 amide bonds. The number of aryl methyl sites for hydroxylation is 1. The molecule has 3 heteroatoms. The van der Waals surface area contributed by atoms with E-state index in [9.17, 15) is 5.11 Å². The van der Waals surface area contributed by atoms with Gasteiger partial charge in [0.05, 0.1) is 6.20 Å². The predicted octanol–water partition coefficient (Wildman–Crippen LogP) is 3.22. The monoisotopic (exact) mass is 230 g/mol. The van der Waals surface area contributed by atoms with Gasteiger partial charge in [0.2, 0.25) is 0 Å². The summed E-state index contributed by atoms with van der Waals surface area (Å²) in [6.07, 6.45) is 1.51. The summed E-state index contributed by atoms with van der Waals surface area (Å²) in [5.74, 6) is 0.744. The SMILES string of the molecule is Cc1ccc(-c2c(O)cnn2CC(C)C)cc1. The van der Waals surface area contributed by atoms with E-state index in [2.05, 4.69) is 25.9 Å². The fourth-order valence-electron chi connectivity index (χ4n) is 1.87. The van der Waals surface area contributed by atoms with Crippen molar-refractivity contribution in [2.45, 2.75) is 27.3 Å². The Kier molecular flexibility index (Phi) is 3.18. The summed E-state index contributed by atoms with van der Waals surface area (Å²) in [6, 6.07) is 8.12. The van der Waals surface area contributed by atoms with Crippen molar-refractivity contribution < 1.29 is 5.11 Å². The molecule has 3 nitrogen and oxygen atoms in total. The Morgan fingerprint density at radius 2 is 1.88 bits per heavy atom. The van der Waals surface area contributed by atoms with Crippen molar-refractivity contribution in [1.82, 2.24) is 9.78 Å². The van der Waals surface area contributed by atoms with Crippen LogP contribution < -0.4 is 0 Å². The molecule has 0 radical (unpaired) electrons. The van der Waals surface area contributed by atoms with Gasteiger partial charge < -0.3 is 5.11 Å². The van der Waals surface area contributed by atoms with Crippen molar-refractivity contribution >= 4 is 0 Å². The van der Waals surface area contributed by atoms with Crippen molar-refractivity contribution in [2.75, 3.05) is 0 Å². The van der Waals surface area contributed by atoms with Crippen molar-refractivity contribution in [3.8, 4) is 17.0 Å². The molecule has 1 aromatic carbocycles. The third kappa shape index (κ3) is 2.49. The number of benzene rings is 1. The van der Waals surface area contributed by atoms with E-state index in [0.717, 1.165) is 17.8 Å². The quantitative estimate of drug-likeness (QED) is 0.879. The van der Waals surface area contributed by atoms with E-state index < -0.39 is 0 Å². The van der Waals surface area contributed by atoms with Crippen LogP contribution in [0.2, 0.25) is 0 Å². The average molecular weight is 230 g/mol. The highest BCUT2D eigenvalue weighted by molar-refractivity contribution is 5.66. The fraction of sp³-hybridized carbons (Fsp3) is 0.357. The topological polar surface area (TPSA) is 38.1 Å². The standard InChI is InChI=1S/C14H18N2O/c1-10(2)9-16-14(13(17)8-15-16)12-6-4-11(3)5-7-12/h4-8,10,17H,9H2,1-3H3. The molecule has 0 aliphatic carbocycles. The summed E-state index contributed by atoms with van der Waals surface area (Å²) < 4.78 is 1.87. The summed E-state index contributed by atoms with van der Waals surface area (Å²) >= 11 is 0. The zero-order chi connectivity index (χ0) is 12.4. The van der Waals surface area contributed by atoms with Crippen LogP contribution in [0.25, 0.3) is 11.3 Å². The van der Waals surface area contributed by atoms with Gasteiger partial charge in [-0.15, -0.1) is 0 Å². The molecule has 90 valence electrons. The van der Waals surface area contributed by atoms with Crippen LogP contribution in [0, 0.1) is 12.8 Å². The molecule has 0 aliphatic heterocycles. The molecule has 0 bridgehead atoms. The lowest BCUT2D eigenvalue weighted by Crippen LogP contribution is -2.07. The molecule has 0 unspecified atom stereocenters. The second kappa shape index (κ2) is 4.62. The molecule has 0 spiro atoms. The number of hydrogen-bond donors (Lipinski definition) is 1. The first-order valence-corrected chi connectivity index (χ1v) is 5.89. The van der Waals surface area contributed by atoms with Gasteiger partial charge in [-0.05, 0) is 12.8 Å². The molecule has 0 saturated heterocycles. The van der Waals surface area contributed by atoms with Crippen LogP contribution in [0.15, 0.2) is 30.5 Å². The van der Waals surface area contributed by atoms with Crippen molar-refractivity contribution in [3.63, 3.8) is 0 Å². The molecule has 17 heavy (non-hydrogen) atoms. The summed E-state index contributed by atoms with van der Waals surface area (Å²) in [7, 11) is 0. The van der Waals surface area contributed by atoms with Gasteiger partial charge in [0, 0.05) is 12.1 Å². The van der Waals surface area contributed by atoms with Crippen molar-refractivity contribution in [1.29, 1.82) is 0 Å². The number of rotatable bonds is 3. The van der Waals surface area contributed by atoms with Crippen LogP contribution in [0.3, 0.4) is 0 Å². The Hall–Kier alpha value is -1.77. The smallest absolute Gasteiger partial charge is 0.161 e. The van der Waals surface area contributed by atoms with Crippen molar-refractivity contribution in [3.05, 3.63) is 36.0 Å². The van der Waals surface area contributed by atoms with E-state index in [1.807, 2.05) is 28.9 Å². The van der Waals surface area contributed by atoms with Gasteiger partial charge in [-0.3, -0.25) is 4.68 Å². The van der Waals surface area contributed by atoms with Crippen LogP contribution in [0.5, 0.6) is 5.75 Å². The molecule has 0 fully saturated rings. The molecule has 2 aromatic rings. The van der Waals surface area contributed by atoms with E-state index in [-0.39, 0.29) is 5.75 Å². The number of hydrogen-bond acceptors (Lipinski definition) is 2. The van der Waals surface area contributed by atoms with Gasteiger partial charge in [-0.1, -0.05) is 43.7 Å². The Morgan fingerprint density at radius 3 is 2.47 bits per heavy atom. The highest BCUT2D eigenvalue weighted by Crippen LogP contribution is 2.29. The molecule has 0 aliphatic rings. The first-order chi connectivity index (χ1) is 8.08. The largest absolute Gasteiger partial charge is 0.504 e. The van der Waals surface area contributed by atoms with Gasteiger partial charge >= 0.3 is 0 Å².